The molecule has 0 saturated carbocycles. The fraction of sp³-hybridized carbons (Fsp3) is 0.412. The Hall–Kier alpha value is -2.50. The summed E-state index contributed by atoms with van der Waals surface area (Å²) in [5.74, 6) is 0.510. The van der Waals surface area contributed by atoms with Crippen molar-refractivity contribution in [3.05, 3.63) is 36.3 Å². The van der Waals surface area contributed by atoms with Crippen LogP contribution in [0, 0.1) is 5.92 Å². The zero-order chi connectivity index (χ0) is 16.8. The number of aryl methyl sites for hydroxylation is 1. The Balaban J connectivity index is 2.32. The predicted octanol–water partition coefficient (Wildman–Crippen LogP) is 3.01. The standard InChI is InChI=1S/C17H22N4O2/c1-4-13-10-15(20-14(17(22)23)9-11(2)3)21-16(19-13)12-5-7-18-8-6-12/h5-8,10-11,14H,4,9H2,1-3H3,(H,22,23)(H,19,20,21)/t14-/m1/s1. The van der Waals surface area contributed by atoms with Crippen molar-refractivity contribution >= 4 is 11.8 Å². The third-order valence-corrected chi connectivity index (χ3v) is 3.41. The minimum Gasteiger partial charge on any atom is -0.480 e. The van der Waals surface area contributed by atoms with E-state index in [2.05, 4.69) is 20.3 Å². The van der Waals surface area contributed by atoms with Gasteiger partial charge in [0.2, 0.25) is 0 Å². The lowest BCUT2D eigenvalue weighted by molar-refractivity contribution is -0.138. The quantitative estimate of drug-likeness (QED) is 0.816. The van der Waals surface area contributed by atoms with Crippen molar-refractivity contribution in [3.8, 4) is 11.4 Å². The van der Waals surface area contributed by atoms with Crippen LogP contribution in [0.15, 0.2) is 30.6 Å². The lowest BCUT2D eigenvalue weighted by Crippen LogP contribution is -2.31. The summed E-state index contributed by atoms with van der Waals surface area (Å²) in [5, 5.41) is 12.4. The van der Waals surface area contributed by atoms with Gasteiger partial charge in [0.25, 0.3) is 0 Å². The molecule has 122 valence electrons. The molecule has 6 nitrogen and oxygen atoms in total. The summed E-state index contributed by atoms with van der Waals surface area (Å²) in [7, 11) is 0. The number of anilines is 1. The highest BCUT2D eigenvalue weighted by Crippen LogP contribution is 2.19. The summed E-state index contributed by atoms with van der Waals surface area (Å²) < 4.78 is 0. The number of aliphatic carboxylic acids is 1. The first-order valence-electron chi connectivity index (χ1n) is 7.77. The van der Waals surface area contributed by atoms with E-state index in [0.29, 0.717) is 18.1 Å². The van der Waals surface area contributed by atoms with E-state index in [1.54, 1.807) is 18.5 Å². The second-order valence-corrected chi connectivity index (χ2v) is 5.82. The van der Waals surface area contributed by atoms with Crippen molar-refractivity contribution in [1.82, 2.24) is 15.0 Å². The van der Waals surface area contributed by atoms with Gasteiger partial charge >= 0.3 is 5.97 Å². The van der Waals surface area contributed by atoms with E-state index in [-0.39, 0.29) is 5.92 Å². The van der Waals surface area contributed by atoms with Crippen molar-refractivity contribution in [2.75, 3.05) is 5.32 Å². The Labute approximate surface area is 136 Å². The lowest BCUT2D eigenvalue weighted by Gasteiger charge is -2.18. The number of hydrogen-bond donors (Lipinski definition) is 2. The summed E-state index contributed by atoms with van der Waals surface area (Å²) >= 11 is 0. The van der Waals surface area contributed by atoms with E-state index in [1.807, 2.05) is 32.9 Å². The number of pyridine rings is 1. The van der Waals surface area contributed by atoms with Crippen LogP contribution in [0.3, 0.4) is 0 Å². The van der Waals surface area contributed by atoms with Crippen LogP contribution in [-0.2, 0) is 11.2 Å². The second-order valence-electron chi connectivity index (χ2n) is 5.82. The minimum absolute atomic E-state index is 0.274. The van der Waals surface area contributed by atoms with Crippen molar-refractivity contribution in [3.63, 3.8) is 0 Å². The monoisotopic (exact) mass is 314 g/mol. The van der Waals surface area contributed by atoms with Gasteiger partial charge in [-0.1, -0.05) is 20.8 Å². The molecule has 1 atom stereocenters. The Kier molecular flexibility index (Phi) is 5.62. The molecule has 0 radical (unpaired) electrons. The van der Waals surface area contributed by atoms with Crippen molar-refractivity contribution in [2.45, 2.75) is 39.7 Å². The Morgan fingerprint density at radius 3 is 2.52 bits per heavy atom. The molecule has 2 rings (SSSR count). The third-order valence-electron chi connectivity index (χ3n) is 3.41. The van der Waals surface area contributed by atoms with E-state index in [9.17, 15) is 9.90 Å². The smallest absolute Gasteiger partial charge is 0.326 e. The van der Waals surface area contributed by atoms with Crippen LogP contribution in [0.25, 0.3) is 11.4 Å². The molecular formula is C17H22N4O2. The van der Waals surface area contributed by atoms with E-state index >= 15 is 0 Å². The fourth-order valence-electron chi connectivity index (χ4n) is 2.25. The summed E-state index contributed by atoms with van der Waals surface area (Å²) in [6.07, 6.45) is 4.65. The normalized spacial score (nSPS) is 12.2. The zero-order valence-electron chi connectivity index (χ0n) is 13.7. The maximum absolute atomic E-state index is 11.4. The summed E-state index contributed by atoms with van der Waals surface area (Å²) in [5.41, 5.74) is 1.72. The van der Waals surface area contributed by atoms with Crippen LogP contribution in [0.1, 0.15) is 32.9 Å². The molecule has 0 amide bonds. The van der Waals surface area contributed by atoms with Crippen molar-refractivity contribution in [2.24, 2.45) is 5.92 Å². The number of nitrogens with zero attached hydrogens (tertiary/aromatic N) is 3. The average molecular weight is 314 g/mol. The van der Waals surface area contributed by atoms with E-state index in [0.717, 1.165) is 17.7 Å². The molecule has 2 heterocycles. The number of aromatic nitrogens is 3. The summed E-state index contributed by atoms with van der Waals surface area (Å²) in [6, 6.07) is 4.81. The fourth-order valence-corrected chi connectivity index (χ4v) is 2.25. The van der Waals surface area contributed by atoms with Gasteiger partial charge in [-0.3, -0.25) is 4.98 Å². The number of rotatable bonds is 7. The number of carboxylic acids is 1. The largest absolute Gasteiger partial charge is 0.480 e. The Morgan fingerprint density at radius 2 is 1.96 bits per heavy atom. The molecular weight excluding hydrogens is 292 g/mol. The molecule has 2 N–H and O–H groups in total. The van der Waals surface area contributed by atoms with Crippen LogP contribution in [0.2, 0.25) is 0 Å². The van der Waals surface area contributed by atoms with Crippen LogP contribution in [0.5, 0.6) is 0 Å². The highest BCUT2D eigenvalue weighted by Gasteiger charge is 2.19. The predicted molar refractivity (Wildman–Crippen MR) is 89.1 cm³/mol. The topological polar surface area (TPSA) is 88.0 Å². The van der Waals surface area contributed by atoms with Crippen LogP contribution in [-0.4, -0.2) is 32.1 Å². The molecule has 23 heavy (non-hydrogen) atoms. The maximum atomic E-state index is 11.4. The highest BCUT2D eigenvalue weighted by molar-refractivity contribution is 5.77. The molecule has 6 heteroatoms. The number of carboxylic acid groups (broad SMARTS) is 1. The molecule has 0 aromatic carbocycles. The zero-order valence-corrected chi connectivity index (χ0v) is 13.7. The number of carbonyl (C=O) groups is 1. The summed E-state index contributed by atoms with van der Waals surface area (Å²) in [6.45, 7) is 6.00. The van der Waals surface area contributed by atoms with E-state index in [1.165, 1.54) is 0 Å². The second kappa shape index (κ2) is 7.67. The first-order chi connectivity index (χ1) is 11.0. The molecule has 0 spiro atoms. The van der Waals surface area contributed by atoms with Gasteiger partial charge in [-0.2, -0.15) is 0 Å². The van der Waals surface area contributed by atoms with Gasteiger partial charge in [0.1, 0.15) is 11.9 Å². The Morgan fingerprint density at radius 1 is 1.26 bits per heavy atom. The molecule has 0 aliphatic carbocycles. The first-order valence-corrected chi connectivity index (χ1v) is 7.77. The van der Waals surface area contributed by atoms with Crippen molar-refractivity contribution < 1.29 is 9.90 Å². The van der Waals surface area contributed by atoms with Crippen LogP contribution >= 0.6 is 0 Å². The molecule has 0 unspecified atom stereocenters. The van der Waals surface area contributed by atoms with Gasteiger partial charge in [0.05, 0.1) is 0 Å². The molecule has 0 fully saturated rings. The van der Waals surface area contributed by atoms with E-state index < -0.39 is 12.0 Å². The third kappa shape index (κ3) is 4.74. The van der Waals surface area contributed by atoms with Crippen LogP contribution < -0.4 is 5.32 Å². The SMILES string of the molecule is CCc1cc(N[C@H](CC(C)C)C(=O)O)nc(-c2ccncc2)n1. The van der Waals surface area contributed by atoms with E-state index in [4.69, 9.17) is 0 Å². The highest BCUT2D eigenvalue weighted by atomic mass is 16.4. The lowest BCUT2D eigenvalue weighted by atomic mass is 10.0. The molecule has 0 saturated heterocycles. The number of hydrogen-bond acceptors (Lipinski definition) is 5. The number of nitrogens with one attached hydrogen (secondary N) is 1. The van der Waals surface area contributed by atoms with Gasteiger partial charge in [-0.05, 0) is 30.9 Å². The molecule has 0 aliphatic heterocycles. The molecule has 0 aliphatic rings. The van der Waals surface area contributed by atoms with Crippen LogP contribution in [0.4, 0.5) is 5.82 Å². The van der Waals surface area contributed by atoms with Gasteiger partial charge in [-0.25, -0.2) is 14.8 Å². The van der Waals surface area contributed by atoms with Gasteiger partial charge in [-0.15, -0.1) is 0 Å². The average Bonchev–Trinajstić information content (AvgIpc) is 2.54. The van der Waals surface area contributed by atoms with Gasteiger partial charge < -0.3 is 10.4 Å². The molecule has 0 bridgehead atoms. The Bertz CT molecular complexity index is 659. The summed E-state index contributed by atoms with van der Waals surface area (Å²) in [4.78, 5) is 24.4. The molecule has 2 aromatic rings. The van der Waals surface area contributed by atoms with Gasteiger partial charge in [0, 0.05) is 29.7 Å². The minimum atomic E-state index is -0.874. The van der Waals surface area contributed by atoms with Gasteiger partial charge in [0.15, 0.2) is 5.82 Å². The molecule has 2 aromatic heterocycles. The maximum Gasteiger partial charge on any atom is 0.326 e. The first kappa shape index (κ1) is 16.9. The van der Waals surface area contributed by atoms with Crippen molar-refractivity contribution in [1.29, 1.82) is 0 Å².